The van der Waals surface area contributed by atoms with Gasteiger partial charge in [-0.25, -0.2) is 4.79 Å². The first-order chi connectivity index (χ1) is 16.4. The third kappa shape index (κ3) is 5.18. The molecule has 0 saturated heterocycles. The van der Waals surface area contributed by atoms with E-state index in [-0.39, 0.29) is 12.2 Å². The summed E-state index contributed by atoms with van der Waals surface area (Å²) in [6.07, 6.45) is 1.78. The van der Waals surface area contributed by atoms with Crippen LogP contribution in [-0.2, 0) is 6.61 Å². The third-order valence-corrected chi connectivity index (χ3v) is 5.50. The second-order valence-electron chi connectivity index (χ2n) is 7.93. The first-order valence-corrected chi connectivity index (χ1v) is 10.9. The molecule has 1 aromatic heterocycles. The van der Waals surface area contributed by atoms with Crippen LogP contribution in [0.1, 0.15) is 32.9 Å². The van der Waals surface area contributed by atoms with Gasteiger partial charge in [-0.15, -0.1) is 0 Å². The Morgan fingerprint density at radius 2 is 1.68 bits per heavy atom. The van der Waals surface area contributed by atoms with Crippen LogP contribution in [0.3, 0.4) is 0 Å². The van der Waals surface area contributed by atoms with Gasteiger partial charge in [0, 0.05) is 23.3 Å². The Morgan fingerprint density at radius 3 is 2.35 bits per heavy atom. The number of nitrogens with zero attached hydrogens (tertiary/aromatic N) is 2. The van der Waals surface area contributed by atoms with E-state index in [1.807, 2.05) is 36.4 Å². The maximum absolute atomic E-state index is 11.2. The highest BCUT2D eigenvalue weighted by molar-refractivity contribution is 5.87. The van der Waals surface area contributed by atoms with Crippen molar-refractivity contribution in [2.45, 2.75) is 20.5 Å². The van der Waals surface area contributed by atoms with Crippen molar-refractivity contribution >= 4 is 17.9 Å². The van der Waals surface area contributed by atoms with Crippen molar-refractivity contribution in [2.24, 2.45) is 4.99 Å². The minimum absolute atomic E-state index is 0.228. The van der Waals surface area contributed by atoms with E-state index in [0.717, 1.165) is 22.5 Å². The molecule has 0 radical (unpaired) electrons. The number of carboxylic acids is 1. The van der Waals surface area contributed by atoms with E-state index in [1.165, 1.54) is 11.4 Å². The number of hydrogen-bond donors (Lipinski definition) is 1. The number of carbonyl (C=O) groups is 1. The van der Waals surface area contributed by atoms with Gasteiger partial charge in [0.1, 0.15) is 6.61 Å². The van der Waals surface area contributed by atoms with Crippen molar-refractivity contribution in [3.8, 4) is 17.2 Å². The predicted molar refractivity (Wildman–Crippen MR) is 133 cm³/mol. The number of aliphatic imine (C=N–C) groups is 1. The maximum Gasteiger partial charge on any atom is 0.335 e. The average molecular weight is 455 g/mol. The Bertz CT molecular complexity index is 1320. The Hall–Kier alpha value is -4.32. The van der Waals surface area contributed by atoms with Crippen molar-refractivity contribution in [3.05, 3.63) is 107 Å². The summed E-state index contributed by atoms with van der Waals surface area (Å²) < 4.78 is 13.6. The number of benzene rings is 3. The van der Waals surface area contributed by atoms with Crippen LogP contribution in [0.15, 0.2) is 83.9 Å². The van der Waals surface area contributed by atoms with E-state index in [2.05, 4.69) is 47.7 Å². The van der Waals surface area contributed by atoms with Gasteiger partial charge in [0.05, 0.1) is 18.4 Å². The van der Waals surface area contributed by atoms with Crippen molar-refractivity contribution in [1.82, 2.24) is 4.57 Å². The van der Waals surface area contributed by atoms with Gasteiger partial charge >= 0.3 is 5.97 Å². The van der Waals surface area contributed by atoms with E-state index in [9.17, 15) is 4.79 Å². The number of methoxy groups -OCH3 is 1. The third-order valence-electron chi connectivity index (χ3n) is 5.50. The van der Waals surface area contributed by atoms with Crippen LogP contribution in [0.25, 0.3) is 5.69 Å². The number of aromatic nitrogens is 1. The summed E-state index contributed by atoms with van der Waals surface area (Å²) in [6.45, 7) is 4.41. The topological polar surface area (TPSA) is 73.0 Å². The van der Waals surface area contributed by atoms with Gasteiger partial charge in [-0.1, -0.05) is 12.1 Å². The molecule has 0 bridgehead atoms. The molecule has 0 unspecified atom stereocenters. The predicted octanol–water partition coefficient (Wildman–Crippen LogP) is 6.13. The Labute approximate surface area is 198 Å². The Kier molecular flexibility index (Phi) is 6.78. The highest BCUT2D eigenvalue weighted by atomic mass is 16.5. The van der Waals surface area contributed by atoms with Crippen LogP contribution in [0.4, 0.5) is 5.69 Å². The lowest BCUT2D eigenvalue weighted by Crippen LogP contribution is -2.01. The van der Waals surface area contributed by atoms with E-state index in [0.29, 0.717) is 11.5 Å². The summed E-state index contributed by atoms with van der Waals surface area (Å²) in [5, 5.41) is 9.14. The van der Waals surface area contributed by atoms with Crippen LogP contribution in [0.2, 0.25) is 0 Å². The fourth-order valence-electron chi connectivity index (χ4n) is 3.75. The molecule has 0 atom stereocenters. The van der Waals surface area contributed by atoms with Crippen LogP contribution in [-0.4, -0.2) is 29.0 Å². The molecule has 6 heteroatoms. The zero-order chi connectivity index (χ0) is 24.1. The molecular weight excluding hydrogens is 428 g/mol. The molecule has 0 amide bonds. The molecule has 1 N–H and O–H groups in total. The largest absolute Gasteiger partial charge is 0.493 e. The summed E-state index contributed by atoms with van der Waals surface area (Å²) >= 11 is 0. The maximum atomic E-state index is 11.2. The zero-order valence-electron chi connectivity index (χ0n) is 19.4. The molecule has 1 heterocycles. The molecule has 4 rings (SSSR count). The minimum Gasteiger partial charge on any atom is -0.493 e. The highest BCUT2D eigenvalue weighted by Gasteiger charge is 2.08. The van der Waals surface area contributed by atoms with Crippen LogP contribution in [0.5, 0.6) is 11.5 Å². The van der Waals surface area contributed by atoms with Crippen molar-refractivity contribution in [3.63, 3.8) is 0 Å². The van der Waals surface area contributed by atoms with Gasteiger partial charge in [0.2, 0.25) is 0 Å². The molecule has 0 aliphatic heterocycles. The molecule has 172 valence electrons. The number of hydrogen-bond acceptors (Lipinski definition) is 4. The van der Waals surface area contributed by atoms with Crippen molar-refractivity contribution in [2.75, 3.05) is 7.11 Å². The fourth-order valence-corrected chi connectivity index (χ4v) is 3.75. The summed E-state index contributed by atoms with van der Waals surface area (Å²) in [5.41, 5.74) is 6.21. The lowest BCUT2D eigenvalue weighted by molar-refractivity contribution is 0.0696. The summed E-state index contributed by atoms with van der Waals surface area (Å²) in [6, 6.07) is 24.6. The Morgan fingerprint density at radius 1 is 0.941 bits per heavy atom. The van der Waals surface area contributed by atoms with Gasteiger partial charge in [-0.3, -0.25) is 4.99 Å². The van der Waals surface area contributed by atoms with Gasteiger partial charge in [0.15, 0.2) is 11.5 Å². The second kappa shape index (κ2) is 10.1. The lowest BCUT2D eigenvalue weighted by Gasteiger charge is -2.12. The van der Waals surface area contributed by atoms with Gasteiger partial charge < -0.3 is 19.1 Å². The number of aromatic carboxylic acids is 1. The number of rotatable bonds is 8. The number of ether oxygens (including phenoxy) is 2. The monoisotopic (exact) mass is 454 g/mol. The van der Waals surface area contributed by atoms with Crippen molar-refractivity contribution < 1.29 is 19.4 Å². The second-order valence-corrected chi connectivity index (χ2v) is 7.93. The van der Waals surface area contributed by atoms with E-state index >= 15 is 0 Å². The first kappa shape index (κ1) is 22.9. The molecule has 0 aliphatic rings. The van der Waals surface area contributed by atoms with Crippen LogP contribution < -0.4 is 9.47 Å². The van der Waals surface area contributed by atoms with Crippen molar-refractivity contribution in [1.29, 1.82) is 0 Å². The molecule has 0 fully saturated rings. The number of carboxylic acid groups (broad SMARTS) is 1. The molecule has 0 spiro atoms. The van der Waals surface area contributed by atoms with Gasteiger partial charge in [-0.2, -0.15) is 0 Å². The average Bonchev–Trinajstić information content (AvgIpc) is 3.19. The van der Waals surface area contributed by atoms with Crippen LogP contribution in [0, 0.1) is 13.8 Å². The molecule has 0 aliphatic carbocycles. The fraction of sp³-hybridized carbons (Fsp3) is 0.143. The quantitative estimate of drug-likeness (QED) is 0.325. The molecular formula is C28H26N2O4. The summed E-state index contributed by atoms with van der Waals surface area (Å²) in [5.74, 6) is 0.182. The van der Waals surface area contributed by atoms with Crippen LogP contribution >= 0.6 is 0 Å². The van der Waals surface area contributed by atoms with E-state index < -0.39 is 5.97 Å². The van der Waals surface area contributed by atoms with Gasteiger partial charge in [-0.05, 0) is 91.7 Å². The minimum atomic E-state index is -0.965. The normalized spacial score (nSPS) is 11.0. The SMILES string of the molecule is COc1cc(C=Nc2ccc(-n3c(C)ccc3C)cc2)ccc1OCc1cccc(C(=O)O)c1. The van der Waals surface area contributed by atoms with E-state index in [4.69, 9.17) is 14.6 Å². The Balaban J connectivity index is 1.45. The summed E-state index contributed by atoms with van der Waals surface area (Å²) in [4.78, 5) is 15.7. The van der Waals surface area contributed by atoms with Gasteiger partial charge in [0.25, 0.3) is 0 Å². The first-order valence-electron chi connectivity index (χ1n) is 10.9. The lowest BCUT2D eigenvalue weighted by atomic mass is 10.1. The number of aryl methyl sites for hydroxylation is 2. The van der Waals surface area contributed by atoms with E-state index in [1.54, 1.807) is 31.5 Å². The molecule has 0 saturated carbocycles. The highest BCUT2D eigenvalue weighted by Crippen LogP contribution is 2.29. The molecule has 3 aromatic carbocycles. The zero-order valence-corrected chi connectivity index (χ0v) is 19.4. The molecule has 34 heavy (non-hydrogen) atoms. The molecule has 6 nitrogen and oxygen atoms in total. The standard InChI is InChI=1S/C28H26N2O4/c1-19-7-8-20(2)30(19)25-12-10-24(11-13-25)29-17-21-9-14-26(27(16-21)33-3)34-18-22-5-4-6-23(15-22)28(31)32/h4-17H,18H2,1-3H3,(H,31,32). The summed E-state index contributed by atoms with van der Waals surface area (Å²) in [7, 11) is 1.58. The smallest absolute Gasteiger partial charge is 0.335 e. The molecule has 4 aromatic rings.